The van der Waals surface area contributed by atoms with Gasteiger partial charge in [-0.05, 0) is 32.3 Å². The van der Waals surface area contributed by atoms with E-state index in [0.717, 1.165) is 47.4 Å². The molecule has 2 atom stereocenters. The number of nitrogens with zero attached hydrogens (tertiary/aromatic N) is 2. The molecule has 1 aromatic heterocycles. The Morgan fingerprint density at radius 2 is 1.86 bits per heavy atom. The van der Waals surface area contributed by atoms with E-state index < -0.39 is 0 Å². The van der Waals surface area contributed by atoms with Crippen LogP contribution in [0, 0.1) is 25.7 Å². The smallest absolute Gasteiger partial charge is 0.246 e. The Labute approximate surface area is 168 Å². The van der Waals surface area contributed by atoms with Crippen LogP contribution < -0.4 is 5.32 Å². The first kappa shape index (κ1) is 18.8. The summed E-state index contributed by atoms with van der Waals surface area (Å²) in [7, 11) is 0. The fourth-order valence-electron chi connectivity index (χ4n) is 4.25. The molecule has 2 unspecified atom stereocenters. The van der Waals surface area contributed by atoms with Gasteiger partial charge in [0.1, 0.15) is 6.54 Å². The molecule has 7 heteroatoms. The van der Waals surface area contributed by atoms with E-state index in [2.05, 4.69) is 16.4 Å². The van der Waals surface area contributed by atoms with E-state index in [1.54, 1.807) is 0 Å². The fraction of sp³-hybridized carbons (Fsp3) is 0.429. The highest BCUT2D eigenvalue weighted by Crippen LogP contribution is 2.38. The van der Waals surface area contributed by atoms with E-state index in [0.29, 0.717) is 5.13 Å². The second-order valence-corrected chi connectivity index (χ2v) is 8.52. The number of aryl methyl sites for hydroxylation is 2. The molecule has 2 aliphatic rings. The van der Waals surface area contributed by atoms with Crippen molar-refractivity contribution in [1.82, 2.24) is 9.88 Å². The van der Waals surface area contributed by atoms with Gasteiger partial charge in [-0.2, -0.15) is 0 Å². The molecule has 2 aromatic rings. The van der Waals surface area contributed by atoms with E-state index in [-0.39, 0.29) is 36.1 Å². The van der Waals surface area contributed by atoms with Gasteiger partial charge in [-0.1, -0.05) is 36.6 Å². The Kier molecular flexibility index (Phi) is 5.02. The molecule has 28 heavy (non-hydrogen) atoms. The first-order valence-electron chi connectivity index (χ1n) is 9.62. The minimum absolute atomic E-state index is 0.194. The molecule has 1 aliphatic carbocycles. The number of carbonyl (C=O) groups excluding carboxylic acids is 3. The number of thiazole rings is 1. The molecule has 1 saturated carbocycles. The molecule has 2 heterocycles. The third-order valence-electron chi connectivity index (χ3n) is 5.64. The number of benzene rings is 1. The van der Waals surface area contributed by atoms with Gasteiger partial charge in [0, 0.05) is 10.9 Å². The fourth-order valence-corrected chi connectivity index (χ4v) is 4.97. The van der Waals surface area contributed by atoms with E-state index in [9.17, 15) is 14.4 Å². The average Bonchev–Trinajstić information content (AvgIpc) is 3.21. The number of imide groups is 1. The van der Waals surface area contributed by atoms with Crippen LogP contribution >= 0.6 is 11.3 Å². The molecule has 3 amide bonds. The number of hydrogen-bond acceptors (Lipinski definition) is 5. The van der Waals surface area contributed by atoms with Crippen LogP contribution in [0.1, 0.15) is 36.8 Å². The van der Waals surface area contributed by atoms with Crippen molar-refractivity contribution in [2.24, 2.45) is 11.8 Å². The predicted molar refractivity (Wildman–Crippen MR) is 108 cm³/mol. The summed E-state index contributed by atoms with van der Waals surface area (Å²) in [5, 5.41) is 5.10. The van der Waals surface area contributed by atoms with Crippen molar-refractivity contribution < 1.29 is 14.4 Å². The highest BCUT2D eigenvalue weighted by molar-refractivity contribution is 7.14. The van der Waals surface area contributed by atoms with Gasteiger partial charge < -0.3 is 5.32 Å². The van der Waals surface area contributed by atoms with Gasteiger partial charge in [0.25, 0.3) is 0 Å². The Hall–Kier alpha value is -2.54. The van der Waals surface area contributed by atoms with Gasteiger partial charge in [0.05, 0.1) is 17.5 Å². The number of rotatable bonds is 4. The van der Waals surface area contributed by atoms with E-state index >= 15 is 0 Å². The molecule has 2 fully saturated rings. The van der Waals surface area contributed by atoms with Gasteiger partial charge in [-0.15, -0.1) is 11.3 Å². The Morgan fingerprint density at radius 1 is 1.18 bits per heavy atom. The largest absolute Gasteiger partial charge is 0.300 e. The van der Waals surface area contributed by atoms with Crippen LogP contribution in [-0.2, 0) is 14.4 Å². The summed E-state index contributed by atoms with van der Waals surface area (Å²) in [6.45, 7) is 3.84. The zero-order chi connectivity index (χ0) is 19.8. The van der Waals surface area contributed by atoms with Crippen LogP contribution in [0.15, 0.2) is 23.6 Å². The van der Waals surface area contributed by atoms with Crippen molar-refractivity contribution in [3.63, 3.8) is 0 Å². The van der Waals surface area contributed by atoms with Gasteiger partial charge in [-0.25, -0.2) is 4.98 Å². The Morgan fingerprint density at radius 3 is 2.50 bits per heavy atom. The number of nitrogens with one attached hydrogen (secondary N) is 1. The van der Waals surface area contributed by atoms with E-state index in [1.807, 2.05) is 31.4 Å². The molecular formula is C21H23N3O3S. The molecule has 1 N–H and O–H groups in total. The molecule has 0 bridgehead atoms. The number of amides is 3. The summed E-state index contributed by atoms with van der Waals surface area (Å²) in [5.74, 6) is -1.24. The topological polar surface area (TPSA) is 79.4 Å². The van der Waals surface area contributed by atoms with Gasteiger partial charge in [-0.3, -0.25) is 19.3 Å². The summed E-state index contributed by atoms with van der Waals surface area (Å²) in [6.07, 6.45) is 3.44. The molecule has 0 spiro atoms. The van der Waals surface area contributed by atoms with Crippen LogP contribution in [0.2, 0.25) is 0 Å². The van der Waals surface area contributed by atoms with Crippen molar-refractivity contribution in [1.29, 1.82) is 0 Å². The van der Waals surface area contributed by atoms with Crippen LogP contribution in [0.5, 0.6) is 0 Å². The number of hydrogen-bond donors (Lipinski definition) is 1. The minimum atomic E-state index is -0.387. The van der Waals surface area contributed by atoms with Crippen LogP contribution in [-0.4, -0.2) is 34.2 Å². The molecule has 146 valence electrons. The van der Waals surface area contributed by atoms with Crippen molar-refractivity contribution in [3.8, 4) is 11.3 Å². The lowest BCUT2D eigenvalue weighted by Crippen LogP contribution is -2.38. The van der Waals surface area contributed by atoms with E-state index in [4.69, 9.17) is 0 Å². The number of aromatic nitrogens is 1. The lowest BCUT2D eigenvalue weighted by Gasteiger charge is -2.19. The van der Waals surface area contributed by atoms with Crippen molar-refractivity contribution in [3.05, 3.63) is 34.7 Å². The monoisotopic (exact) mass is 397 g/mol. The molecule has 4 rings (SSSR count). The first-order valence-corrected chi connectivity index (χ1v) is 10.5. The lowest BCUT2D eigenvalue weighted by atomic mass is 9.81. The second-order valence-electron chi connectivity index (χ2n) is 7.66. The van der Waals surface area contributed by atoms with Crippen molar-refractivity contribution in [2.45, 2.75) is 39.5 Å². The zero-order valence-electron chi connectivity index (χ0n) is 16.0. The maximum atomic E-state index is 12.5. The molecule has 0 radical (unpaired) electrons. The summed E-state index contributed by atoms with van der Waals surface area (Å²) in [5.41, 5.74) is 4.14. The van der Waals surface area contributed by atoms with Gasteiger partial charge in [0.15, 0.2) is 5.13 Å². The molecule has 1 saturated heterocycles. The third-order valence-corrected chi connectivity index (χ3v) is 6.40. The highest BCUT2D eigenvalue weighted by Gasteiger charge is 2.48. The third kappa shape index (κ3) is 3.46. The number of anilines is 1. The normalized spacial score (nSPS) is 21.7. The van der Waals surface area contributed by atoms with Gasteiger partial charge >= 0.3 is 0 Å². The number of fused-ring (bicyclic) bond motifs is 1. The zero-order valence-corrected chi connectivity index (χ0v) is 16.8. The summed E-state index contributed by atoms with van der Waals surface area (Å²) in [4.78, 5) is 43.1. The minimum Gasteiger partial charge on any atom is -0.300 e. The molecule has 1 aliphatic heterocycles. The molecular weight excluding hydrogens is 374 g/mol. The first-order chi connectivity index (χ1) is 13.4. The maximum absolute atomic E-state index is 12.5. The van der Waals surface area contributed by atoms with E-state index in [1.165, 1.54) is 16.9 Å². The highest BCUT2D eigenvalue weighted by atomic mass is 32.1. The average molecular weight is 398 g/mol. The van der Waals surface area contributed by atoms with Crippen molar-refractivity contribution in [2.75, 3.05) is 11.9 Å². The van der Waals surface area contributed by atoms with Crippen LogP contribution in [0.4, 0.5) is 5.13 Å². The lowest BCUT2D eigenvalue weighted by molar-refractivity contribution is -0.142. The quantitative estimate of drug-likeness (QED) is 0.801. The predicted octanol–water partition coefficient (Wildman–Crippen LogP) is 3.54. The second kappa shape index (κ2) is 7.47. The SMILES string of the molecule is Cc1ccc(-c2csc(NC(=O)CN3C(=O)C4CCCCC4C3=O)n2)c(C)c1. The maximum Gasteiger partial charge on any atom is 0.246 e. The number of carbonyl (C=O) groups is 3. The standard InChI is InChI=1S/C21H23N3O3S/c1-12-7-8-14(13(2)9-12)17-11-28-21(22-17)23-18(25)10-24-19(26)15-5-3-4-6-16(15)20(24)27/h7-9,11,15-16H,3-6,10H2,1-2H3,(H,22,23,25). The van der Waals surface area contributed by atoms with Crippen molar-refractivity contribution >= 4 is 34.2 Å². The summed E-state index contributed by atoms with van der Waals surface area (Å²) < 4.78 is 0. The van der Waals surface area contributed by atoms with Crippen LogP contribution in [0.25, 0.3) is 11.3 Å². The molecule has 1 aromatic carbocycles. The Bertz CT molecular complexity index is 928. The Balaban J connectivity index is 1.43. The van der Waals surface area contributed by atoms with Gasteiger partial charge in [0.2, 0.25) is 17.7 Å². The molecule has 6 nitrogen and oxygen atoms in total. The van der Waals surface area contributed by atoms with Crippen LogP contribution in [0.3, 0.4) is 0 Å². The summed E-state index contributed by atoms with van der Waals surface area (Å²) >= 11 is 1.33. The summed E-state index contributed by atoms with van der Waals surface area (Å²) in [6, 6.07) is 6.15. The number of likely N-dealkylation sites (tertiary alicyclic amines) is 1.